The first-order valence-corrected chi connectivity index (χ1v) is 11.6. The van der Waals surface area contributed by atoms with E-state index in [9.17, 15) is 10.1 Å². The summed E-state index contributed by atoms with van der Waals surface area (Å²) in [6, 6.07) is 19.1. The molecule has 0 radical (unpaired) electrons. The van der Waals surface area contributed by atoms with Gasteiger partial charge in [-0.3, -0.25) is 4.79 Å². The summed E-state index contributed by atoms with van der Waals surface area (Å²) in [5.74, 6) is 0.549. The van der Waals surface area contributed by atoms with E-state index in [4.69, 9.17) is 9.47 Å². The highest BCUT2D eigenvalue weighted by Crippen LogP contribution is 2.38. The largest absolute Gasteiger partial charge is 0.493 e. The summed E-state index contributed by atoms with van der Waals surface area (Å²) in [5.41, 5.74) is 4.23. The highest BCUT2D eigenvalue weighted by molar-refractivity contribution is 9.10. The second-order valence-electron chi connectivity index (χ2n) is 7.39. The summed E-state index contributed by atoms with van der Waals surface area (Å²) < 4.78 is 13.1. The van der Waals surface area contributed by atoms with Crippen LogP contribution >= 0.6 is 31.9 Å². The molecule has 0 saturated heterocycles. The van der Waals surface area contributed by atoms with Crippen LogP contribution in [0.1, 0.15) is 22.3 Å². The molecule has 5 nitrogen and oxygen atoms in total. The third-order valence-electron chi connectivity index (χ3n) is 4.87. The van der Waals surface area contributed by atoms with E-state index in [1.807, 2.05) is 62.4 Å². The topological polar surface area (TPSA) is 71.3 Å². The maximum atomic E-state index is 12.7. The number of halogens is 2. The van der Waals surface area contributed by atoms with Crippen molar-refractivity contribution in [3.63, 3.8) is 0 Å². The van der Waals surface area contributed by atoms with Crippen LogP contribution in [0.15, 0.2) is 69.1 Å². The molecular formula is C26H22Br2N2O3. The van der Waals surface area contributed by atoms with Gasteiger partial charge in [0.15, 0.2) is 11.5 Å². The summed E-state index contributed by atoms with van der Waals surface area (Å²) in [6.07, 6.45) is 1.52. The molecule has 0 aliphatic rings. The fourth-order valence-electron chi connectivity index (χ4n) is 3.07. The number of nitrogens with zero attached hydrogens (tertiary/aromatic N) is 1. The van der Waals surface area contributed by atoms with Crippen LogP contribution in [0, 0.1) is 25.2 Å². The number of benzene rings is 3. The Morgan fingerprint density at radius 1 is 1.09 bits per heavy atom. The number of hydrogen-bond donors (Lipinski definition) is 1. The lowest BCUT2D eigenvalue weighted by molar-refractivity contribution is -0.112. The molecule has 33 heavy (non-hydrogen) atoms. The number of amides is 1. The summed E-state index contributed by atoms with van der Waals surface area (Å²) in [4.78, 5) is 12.7. The van der Waals surface area contributed by atoms with Gasteiger partial charge < -0.3 is 14.8 Å². The van der Waals surface area contributed by atoms with E-state index >= 15 is 0 Å². The average Bonchev–Trinajstić information content (AvgIpc) is 2.79. The molecule has 0 aliphatic heterocycles. The van der Waals surface area contributed by atoms with Gasteiger partial charge in [-0.25, -0.2) is 0 Å². The number of nitriles is 1. The molecule has 7 heteroatoms. The van der Waals surface area contributed by atoms with Crippen molar-refractivity contribution in [3.8, 4) is 17.6 Å². The Hall–Kier alpha value is -3.08. The molecule has 1 N–H and O–H groups in total. The SMILES string of the molecule is COc1cc(/C=C(/C#N)C(=O)Nc2cc(C)ccc2C)cc(Br)c1OCc1ccc(Br)cc1. The Kier molecular flexibility index (Phi) is 8.32. The van der Waals surface area contributed by atoms with Crippen LogP contribution in [0.4, 0.5) is 5.69 Å². The minimum absolute atomic E-state index is 0.0200. The molecule has 0 atom stereocenters. The van der Waals surface area contributed by atoms with Crippen LogP contribution in [-0.2, 0) is 11.4 Å². The van der Waals surface area contributed by atoms with Crippen molar-refractivity contribution in [1.29, 1.82) is 5.26 Å². The van der Waals surface area contributed by atoms with Crippen molar-refractivity contribution in [2.24, 2.45) is 0 Å². The number of carbonyl (C=O) groups is 1. The van der Waals surface area contributed by atoms with E-state index in [-0.39, 0.29) is 5.57 Å². The van der Waals surface area contributed by atoms with Gasteiger partial charge in [-0.05, 0) is 88.4 Å². The minimum atomic E-state index is -0.475. The Bertz CT molecular complexity index is 1250. The monoisotopic (exact) mass is 568 g/mol. The molecule has 0 spiro atoms. The van der Waals surface area contributed by atoms with Crippen LogP contribution in [0.5, 0.6) is 11.5 Å². The lowest BCUT2D eigenvalue weighted by Crippen LogP contribution is -2.14. The summed E-state index contributed by atoms with van der Waals surface area (Å²) in [6.45, 7) is 4.21. The smallest absolute Gasteiger partial charge is 0.266 e. The zero-order valence-electron chi connectivity index (χ0n) is 18.4. The molecule has 0 saturated carbocycles. The van der Waals surface area contributed by atoms with Crippen molar-refractivity contribution >= 4 is 49.5 Å². The van der Waals surface area contributed by atoms with Crippen LogP contribution in [0.25, 0.3) is 6.08 Å². The molecule has 0 unspecified atom stereocenters. The number of methoxy groups -OCH3 is 1. The molecule has 1 amide bonds. The highest BCUT2D eigenvalue weighted by atomic mass is 79.9. The van der Waals surface area contributed by atoms with E-state index in [0.29, 0.717) is 33.8 Å². The van der Waals surface area contributed by atoms with E-state index in [1.54, 1.807) is 19.2 Å². The maximum Gasteiger partial charge on any atom is 0.266 e. The normalized spacial score (nSPS) is 11.0. The van der Waals surface area contributed by atoms with E-state index in [1.165, 1.54) is 6.08 Å². The number of nitrogens with one attached hydrogen (secondary N) is 1. The van der Waals surface area contributed by atoms with E-state index in [0.717, 1.165) is 21.2 Å². The molecule has 0 fully saturated rings. The Balaban J connectivity index is 1.83. The molecule has 3 rings (SSSR count). The first-order valence-electron chi connectivity index (χ1n) is 10.1. The standard InChI is InChI=1S/C26H22Br2N2O3/c1-16-4-5-17(2)23(10-16)30-26(31)20(14-29)11-19-12-22(28)25(24(13-19)32-3)33-15-18-6-8-21(27)9-7-18/h4-13H,15H2,1-3H3,(H,30,31)/b20-11-. The molecule has 0 bridgehead atoms. The van der Waals surface area contributed by atoms with Gasteiger partial charge in [-0.1, -0.05) is 40.2 Å². The highest BCUT2D eigenvalue weighted by Gasteiger charge is 2.15. The molecular weight excluding hydrogens is 548 g/mol. The third-order valence-corrected chi connectivity index (χ3v) is 5.98. The van der Waals surface area contributed by atoms with Crippen molar-refractivity contribution in [1.82, 2.24) is 0 Å². The number of anilines is 1. The number of carbonyl (C=O) groups excluding carboxylic acids is 1. The summed E-state index contributed by atoms with van der Waals surface area (Å²) in [7, 11) is 1.54. The van der Waals surface area contributed by atoms with Crippen LogP contribution in [0.3, 0.4) is 0 Å². The fraction of sp³-hybridized carbons (Fsp3) is 0.154. The Morgan fingerprint density at radius 2 is 1.82 bits per heavy atom. The summed E-state index contributed by atoms with van der Waals surface area (Å²) in [5, 5.41) is 12.4. The molecule has 0 aliphatic carbocycles. The van der Waals surface area contributed by atoms with Crippen molar-refractivity contribution in [2.75, 3.05) is 12.4 Å². The van der Waals surface area contributed by atoms with Gasteiger partial charge in [0.2, 0.25) is 0 Å². The lowest BCUT2D eigenvalue weighted by Gasteiger charge is -2.14. The lowest BCUT2D eigenvalue weighted by atomic mass is 10.1. The van der Waals surface area contributed by atoms with Crippen molar-refractivity contribution < 1.29 is 14.3 Å². The minimum Gasteiger partial charge on any atom is -0.493 e. The van der Waals surface area contributed by atoms with Gasteiger partial charge in [0, 0.05) is 10.2 Å². The number of ether oxygens (including phenoxy) is 2. The predicted octanol–water partition coefficient (Wildman–Crippen LogP) is 6.96. The van der Waals surface area contributed by atoms with Crippen molar-refractivity contribution in [2.45, 2.75) is 20.5 Å². The molecule has 168 valence electrons. The van der Waals surface area contributed by atoms with Gasteiger partial charge >= 0.3 is 0 Å². The van der Waals surface area contributed by atoms with Gasteiger partial charge in [-0.2, -0.15) is 5.26 Å². The van der Waals surface area contributed by atoms with Crippen LogP contribution < -0.4 is 14.8 Å². The van der Waals surface area contributed by atoms with Crippen molar-refractivity contribution in [3.05, 3.63) is 91.4 Å². The quantitative estimate of drug-likeness (QED) is 0.246. The second-order valence-corrected chi connectivity index (χ2v) is 9.16. The number of aryl methyl sites for hydroxylation is 2. The van der Waals surface area contributed by atoms with Gasteiger partial charge in [0.05, 0.1) is 11.6 Å². The Morgan fingerprint density at radius 3 is 2.48 bits per heavy atom. The fourth-order valence-corrected chi connectivity index (χ4v) is 3.91. The Labute approximate surface area is 210 Å². The average molecular weight is 570 g/mol. The predicted molar refractivity (Wildman–Crippen MR) is 137 cm³/mol. The molecule has 0 heterocycles. The molecule has 0 aromatic heterocycles. The van der Waals surface area contributed by atoms with E-state index in [2.05, 4.69) is 37.2 Å². The summed E-state index contributed by atoms with van der Waals surface area (Å²) >= 11 is 6.94. The van der Waals surface area contributed by atoms with Crippen LogP contribution in [0.2, 0.25) is 0 Å². The van der Waals surface area contributed by atoms with Gasteiger partial charge in [0.1, 0.15) is 18.2 Å². The number of rotatable bonds is 7. The maximum absolute atomic E-state index is 12.7. The first-order chi connectivity index (χ1) is 15.8. The second kappa shape index (κ2) is 11.2. The van der Waals surface area contributed by atoms with Gasteiger partial charge in [-0.15, -0.1) is 0 Å². The van der Waals surface area contributed by atoms with E-state index < -0.39 is 5.91 Å². The molecule has 3 aromatic rings. The zero-order chi connectivity index (χ0) is 24.0. The molecule has 3 aromatic carbocycles. The number of hydrogen-bond acceptors (Lipinski definition) is 4. The van der Waals surface area contributed by atoms with Crippen LogP contribution in [-0.4, -0.2) is 13.0 Å². The zero-order valence-corrected chi connectivity index (χ0v) is 21.6. The van der Waals surface area contributed by atoms with Gasteiger partial charge in [0.25, 0.3) is 5.91 Å². The first kappa shape index (κ1) is 24.6. The third kappa shape index (κ3) is 6.47.